The molecule has 0 rings (SSSR count). The summed E-state index contributed by atoms with van der Waals surface area (Å²) in [6.07, 6.45) is 9.98. The van der Waals surface area contributed by atoms with Crippen LogP contribution >= 0.6 is 0 Å². The Morgan fingerprint density at radius 2 is 1.60 bits per heavy atom. The first-order valence-electron chi connectivity index (χ1n) is 5.57. The molecule has 0 bridgehead atoms. The highest BCUT2D eigenvalue weighted by Crippen LogP contribution is 2.23. The second-order valence-corrected chi connectivity index (χ2v) is 3.87. The summed E-state index contributed by atoms with van der Waals surface area (Å²) in [5, 5.41) is 0. The maximum Gasteiger partial charge on any atom is 0.0501 e. The molecule has 0 saturated carbocycles. The molecule has 0 amide bonds. The lowest BCUT2D eigenvalue weighted by atomic mass is 9.85. The topological polar surface area (TPSA) is 0 Å². The predicted molar refractivity (Wildman–Crippen MR) is 66.9 cm³/mol. The third kappa shape index (κ3) is 6.71. The van der Waals surface area contributed by atoms with Crippen LogP contribution in [0.4, 0.5) is 0 Å². The molecule has 0 N–H and O–H groups in total. The second kappa shape index (κ2) is 8.03. The van der Waals surface area contributed by atoms with Gasteiger partial charge in [-0.25, -0.2) is 0 Å². The van der Waals surface area contributed by atoms with Crippen LogP contribution in [0.3, 0.4) is 0 Å². The molecule has 80 valence electrons. The highest BCUT2D eigenvalue weighted by molar-refractivity contribution is 5.16. The van der Waals surface area contributed by atoms with Gasteiger partial charge >= 0.3 is 0 Å². The number of unbranched alkanes of at least 4 members (excludes halogenated alkanes) is 1. The van der Waals surface area contributed by atoms with Crippen molar-refractivity contribution in [1.82, 2.24) is 0 Å². The van der Waals surface area contributed by atoms with Gasteiger partial charge in [0.2, 0.25) is 0 Å². The average molecular weight is 200 g/mol. The van der Waals surface area contributed by atoms with Crippen molar-refractivity contribution in [3.05, 3.63) is 0 Å². The van der Waals surface area contributed by atoms with E-state index in [1.165, 1.54) is 0 Å². The molecule has 1 unspecified atom stereocenters. The van der Waals surface area contributed by atoms with Crippen molar-refractivity contribution < 1.29 is 0 Å². The van der Waals surface area contributed by atoms with Crippen LogP contribution in [-0.2, 0) is 0 Å². The zero-order valence-corrected chi connectivity index (χ0v) is 10.1. The van der Waals surface area contributed by atoms with Crippen LogP contribution in [0.1, 0.15) is 52.9 Å². The summed E-state index contributed by atoms with van der Waals surface area (Å²) in [6, 6.07) is 0. The first-order chi connectivity index (χ1) is 7.18. The van der Waals surface area contributed by atoms with Gasteiger partial charge in [-0.2, -0.15) is 0 Å². The van der Waals surface area contributed by atoms with E-state index < -0.39 is 0 Å². The summed E-state index contributed by atoms with van der Waals surface area (Å²) in [6.45, 7) is 6.22. The summed E-state index contributed by atoms with van der Waals surface area (Å²) in [5.41, 5.74) is -0.178. The van der Waals surface area contributed by atoms with Gasteiger partial charge in [-0.15, -0.1) is 30.1 Å². The van der Waals surface area contributed by atoms with Crippen molar-refractivity contribution in [1.29, 1.82) is 0 Å². The maximum atomic E-state index is 5.52. The zero-order chi connectivity index (χ0) is 11.6. The Bertz CT molecular complexity index is 321. The minimum atomic E-state index is -0.178. The van der Waals surface area contributed by atoms with Crippen LogP contribution in [0.25, 0.3) is 0 Å². The zero-order valence-electron chi connectivity index (χ0n) is 10.1. The molecule has 0 heteroatoms. The molecule has 0 aromatic rings. The monoisotopic (exact) mass is 200 g/mol. The van der Waals surface area contributed by atoms with E-state index in [0.29, 0.717) is 0 Å². The molecule has 0 aliphatic rings. The molecule has 0 saturated heterocycles. The van der Waals surface area contributed by atoms with Gasteiger partial charge in [0.05, 0.1) is 5.41 Å². The fourth-order valence-electron chi connectivity index (χ4n) is 1.02. The lowest BCUT2D eigenvalue weighted by Crippen LogP contribution is -2.11. The molecule has 1 atom stereocenters. The third-order valence-corrected chi connectivity index (χ3v) is 2.11. The molecule has 0 radical (unpaired) electrons. The van der Waals surface area contributed by atoms with E-state index in [9.17, 15) is 0 Å². The Kier molecular flexibility index (Phi) is 7.32. The molecular weight excluding hydrogens is 180 g/mol. The number of rotatable bonds is 3. The van der Waals surface area contributed by atoms with Crippen LogP contribution in [0.2, 0.25) is 0 Å². The van der Waals surface area contributed by atoms with Crippen LogP contribution in [-0.4, -0.2) is 0 Å². The molecule has 0 aliphatic heterocycles. The molecule has 0 nitrogen and oxygen atoms in total. The van der Waals surface area contributed by atoms with E-state index in [4.69, 9.17) is 6.42 Å². The molecular formula is C15H20. The van der Waals surface area contributed by atoms with E-state index in [0.717, 1.165) is 32.1 Å². The first kappa shape index (κ1) is 13.7. The number of terminal acetylenes is 1. The van der Waals surface area contributed by atoms with Gasteiger partial charge in [-0.3, -0.25) is 0 Å². The van der Waals surface area contributed by atoms with Crippen molar-refractivity contribution in [3.63, 3.8) is 0 Å². The molecule has 0 aliphatic carbocycles. The number of hydrogen-bond donors (Lipinski definition) is 0. The van der Waals surface area contributed by atoms with E-state index in [2.05, 4.69) is 43.4 Å². The Labute approximate surface area is 94.8 Å². The van der Waals surface area contributed by atoms with E-state index >= 15 is 0 Å². The third-order valence-electron chi connectivity index (χ3n) is 2.11. The fraction of sp³-hybridized carbons (Fsp3) is 0.600. The Morgan fingerprint density at radius 3 is 2.07 bits per heavy atom. The summed E-state index contributed by atoms with van der Waals surface area (Å²) in [5.74, 6) is 15.2. The predicted octanol–water partition coefficient (Wildman–Crippen LogP) is 3.62. The summed E-state index contributed by atoms with van der Waals surface area (Å²) < 4.78 is 0. The minimum Gasteiger partial charge on any atom is -0.119 e. The lowest BCUT2D eigenvalue weighted by molar-refractivity contribution is 0.478. The molecule has 0 aromatic heterocycles. The standard InChI is InChI=1S/C15H20/c1-5-8-10-12-14-15(4,7-3)13-11-9-6-2/h3H,5-6,8,13-14H2,1-2,4H3. The van der Waals surface area contributed by atoms with Crippen LogP contribution in [0.15, 0.2) is 0 Å². The second-order valence-electron chi connectivity index (χ2n) is 3.87. The Balaban J connectivity index is 4.22. The fourth-order valence-corrected chi connectivity index (χ4v) is 1.02. The molecule has 0 heterocycles. The Morgan fingerprint density at radius 1 is 1.00 bits per heavy atom. The minimum absolute atomic E-state index is 0.178. The SMILES string of the molecule is C#CC(C)(CC#CCC)CC#CCCC. The van der Waals surface area contributed by atoms with Gasteiger partial charge in [-0.1, -0.05) is 19.8 Å². The first-order valence-corrected chi connectivity index (χ1v) is 5.57. The largest absolute Gasteiger partial charge is 0.119 e. The number of hydrogen-bond acceptors (Lipinski definition) is 0. The highest BCUT2D eigenvalue weighted by Gasteiger charge is 2.18. The van der Waals surface area contributed by atoms with Gasteiger partial charge in [0.1, 0.15) is 0 Å². The van der Waals surface area contributed by atoms with Crippen molar-refractivity contribution in [2.75, 3.05) is 0 Å². The van der Waals surface area contributed by atoms with E-state index in [1.807, 2.05) is 6.92 Å². The van der Waals surface area contributed by atoms with Crippen molar-refractivity contribution in [3.8, 4) is 36.0 Å². The van der Waals surface area contributed by atoms with Gasteiger partial charge in [0.25, 0.3) is 0 Å². The highest BCUT2D eigenvalue weighted by atomic mass is 14.2. The van der Waals surface area contributed by atoms with Gasteiger partial charge in [0, 0.05) is 25.7 Å². The van der Waals surface area contributed by atoms with Gasteiger partial charge in [0.15, 0.2) is 0 Å². The molecule has 0 fully saturated rings. The van der Waals surface area contributed by atoms with Crippen LogP contribution in [0.5, 0.6) is 0 Å². The van der Waals surface area contributed by atoms with E-state index in [1.54, 1.807) is 0 Å². The van der Waals surface area contributed by atoms with Crippen molar-refractivity contribution in [2.24, 2.45) is 5.41 Å². The lowest BCUT2D eigenvalue weighted by Gasteiger charge is -2.16. The van der Waals surface area contributed by atoms with Gasteiger partial charge < -0.3 is 0 Å². The average Bonchev–Trinajstić information content (AvgIpc) is 2.25. The molecule has 0 aromatic carbocycles. The van der Waals surface area contributed by atoms with Crippen molar-refractivity contribution >= 4 is 0 Å². The van der Waals surface area contributed by atoms with E-state index in [-0.39, 0.29) is 5.41 Å². The quantitative estimate of drug-likeness (QED) is 0.610. The molecule has 15 heavy (non-hydrogen) atoms. The summed E-state index contributed by atoms with van der Waals surface area (Å²) in [4.78, 5) is 0. The van der Waals surface area contributed by atoms with Crippen LogP contribution < -0.4 is 0 Å². The smallest absolute Gasteiger partial charge is 0.0501 e. The van der Waals surface area contributed by atoms with Crippen molar-refractivity contribution in [2.45, 2.75) is 52.9 Å². The van der Waals surface area contributed by atoms with Gasteiger partial charge in [-0.05, 0) is 13.3 Å². The normalized spacial score (nSPS) is 12.4. The molecule has 0 spiro atoms. The van der Waals surface area contributed by atoms with Crippen LogP contribution in [0, 0.1) is 41.4 Å². The summed E-state index contributed by atoms with van der Waals surface area (Å²) >= 11 is 0. The summed E-state index contributed by atoms with van der Waals surface area (Å²) in [7, 11) is 0. The maximum absolute atomic E-state index is 5.52. The Hall–Kier alpha value is -1.32.